The maximum absolute atomic E-state index is 12.3. The van der Waals surface area contributed by atoms with E-state index in [1.165, 1.54) is 25.7 Å². The third kappa shape index (κ3) is 2.29. The minimum atomic E-state index is 0.221. The molecule has 6 atom stereocenters. The number of rotatable bonds is 2. The summed E-state index contributed by atoms with van der Waals surface area (Å²) in [5.74, 6) is 2.71. The van der Waals surface area contributed by atoms with Crippen LogP contribution >= 0.6 is 0 Å². The number of carbonyl (C=O) groups is 1. The van der Waals surface area contributed by atoms with Gasteiger partial charge in [-0.25, -0.2) is 0 Å². The van der Waals surface area contributed by atoms with Crippen molar-refractivity contribution in [3.63, 3.8) is 0 Å². The van der Waals surface area contributed by atoms with Crippen LogP contribution in [0.4, 0.5) is 0 Å². The molecule has 0 aromatic carbocycles. The van der Waals surface area contributed by atoms with Crippen LogP contribution in [0, 0.1) is 23.7 Å². The molecule has 0 radical (unpaired) electrons. The van der Waals surface area contributed by atoms with Crippen molar-refractivity contribution in [1.82, 2.24) is 5.32 Å². The van der Waals surface area contributed by atoms with Gasteiger partial charge in [-0.05, 0) is 56.3 Å². The fourth-order valence-electron chi connectivity index (χ4n) is 4.38. The first-order chi connectivity index (χ1) is 8.63. The minimum Gasteiger partial charge on any atom is -0.353 e. The zero-order valence-corrected chi connectivity index (χ0v) is 11.4. The molecular formula is C15H26N2O. The van der Waals surface area contributed by atoms with Gasteiger partial charge < -0.3 is 11.1 Å². The van der Waals surface area contributed by atoms with Gasteiger partial charge in [-0.1, -0.05) is 13.3 Å². The summed E-state index contributed by atoms with van der Waals surface area (Å²) in [6.45, 7) is 2.18. The monoisotopic (exact) mass is 250 g/mol. The lowest BCUT2D eigenvalue weighted by Crippen LogP contribution is -2.45. The molecule has 3 rings (SSSR count). The predicted octanol–water partition coefficient (Wildman–Crippen LogP) is 2.05. The van der Waals surface area contributed by atoms with Crippen LogP contribution in [-0.2, 0) is 4.79 Å². The minimum absolute atomic E-state index is 0.221. The topological polar surface area (TPSA) is 55.1 Å². The van der Waals surface area contributed by atoms with Crippen molar-refractivity contribution in [3.8, 4) is 0 Å². The van der Waals surface area contributed by atoms with E-state index in [-0.39, 0.29) is 5.92 Å². The Labute approximate surface area is 110 Å². The Balaban J connectivity index is 1.52. The molecule has 3 N–H and O–H groups in total. The molecule has 3 aliphatic carbocycles. The summed E-state index contributed by atoms with van der Waals surface area (Å²) in [4.78, 5) is 12.3. The Morgan fingerprint density at radius 1 is 1.11 bits per heavy atom. The maximum atomic E-state index is 12.3. The third-order valence-corrected chi connectivity index (χ3v) is 5.67. The van der Waals surface area contributed by atoms with Crippen molar-refractivity contribution < 1.29 is 4.79 Å². The van der Waals surface area contributed by atoms with Crippen molar-refractivity contribution >= 4 is 5.91 Å². The summed E-state index contributed by atoms with van der Waals surface area (Å²) in [5.41, 5.74) is 6.02. The van der Waals surface area contributed by atoms with Gasteiger partial charge >= 0.3 is 0 Å². The summed E-state index contributed by atoms with van der Waals surface area (Å²) in [6.07, 6.45) is 8.30. The van der Waals surface area contributed by atoms with Gasteiger partial charge in [-0.2, -0.15) is 0 Å². The SMILES string of the molecule is CC1CC(C(=O)NC2CC3CCC2C3)CCC1N. The predicted molar refractivity (Wildman–Crippen MR) is 71.9 cm³/mol. The normalized spacial score (nSPS) is 47.2. The molecule has 3 aliphatic rings. The molecule has 0 spiro atoms. The van der Waals surface area contributed by atoms with Gasteiger partial charge in [0.1, 0.15) is 0 Å². The summed E-state index contributed by atoms with van der Waals surface area (Å²) in [6, 6.07) is 0.790. The Bertz CT molecular complexity index is 330. The van der Waals surface area contributed by atoms with Gasteiger partial charge in [0.05, 0.1) is 0 Å². The van der Waals surface area contributed by atoms with E-state index in [0.29, 0.717) is 23.9 Å². The zero-order valence-electron chi connectivity index (χ0n) is 11.4. The Morgan fingerprint density at radius 2 is 1.94 bits per heavy atom. The van der Waals surface area contributed by atoms with Crippen molar-refractivity contribution in [3.05, 3.63) is 0 Å². The maximum Gasteiger partial charge on any atom is 0.223 e. The van der Waals surface area contributed by atoms with Crippen molar-refractivity contribution in [2.75, 3.05) is 0 Å². The highest BCUT2D eigenvalue weighted by Crippen LogP contribution is 2.44. The van der Waals surface area contributed by atoms with E-state index in [2.05, 4.69) is 12.2 Å². The molecule has 0 heterocycles. The highest BCUT2D eigenvalue weighted by molar-refractivity contribution is 5.79. The average Bonchev–Trinajstić information content (AvgIpc) is 2.94. The lowest BCUT2D eigenvalue weighted by Gasteiger charge is -2.32. The molecule has 6 unspecified atom stereocenters. The lowest BCUT2D eigenvalue weighted by molar-refractivity contribution is -0.127. The van der Waals surface area contributed by atoms with Gasteiger partial charge in [0.2, 0.25) is 5.91 Å². The lowest BCUT2D eigenvalue weighted by atomic mass is 9.78. The van der Waals surface area contributed by atoms with E-state index in [1.54, 1.807) is 0 Å². The molecule has 18 heavy (non-hydrogen) atoms. The Morgan fingerprint density at radius 3 is 2.56 bits per heavy atom. The first-order valence-corrected chi connectivity index (χ1v) is 7.69. The van der Waals surface area contributed by atoms with E-state index in [4.69, 9.17) is 5.73 Å². The highest BCUT2D eigenvalue weighted by atomic mass is 16.1. The van der Waals surface area contributed by atoms with E-state index < -0.39 is 0 Å². The highest BCUT2D eigenvalue weighted by Gasteiger charge is 2.41. The zero-order chi connectivity index (χ0) is 12.7. The smallest absolute Gasteiger partial charge is 0.223 e. The molecule has 0 aromatic heterocycles. The molecule has 0 saturated heterocycles. The van der Waals surface area contributed by atoms with Crippen molar-refractivity contribution in [1.29, 1.82) is 0 Å². The molecule has 3 heteroatoms. The second-order valence-electron chi connectivity index (χ2n) is 6.94. The van der Waals surface area contributed by atoms with Gasteiger partial charge in [-0.3, -0.25) is 4.79 Å². The molecule has 3 fully saturated rings. The standard InChI is InChI=1S/C15H26N2O/c1-9-6-12(4-5-13(9)16)15(18)17-14-8-10-2-3-11(14)7-10/h9-14H,2-8,16H2,1H3,(H,17,18). The molecule has 2 bridgehead atoms. The van der Waals surface area contributed by atoms with Crippen LogP contribution in [0.5, 0.6) is 0 Å². The van der Waals surface area contributed by atoms with Crippen LogP contribution in [0.2, 0.25) is 0 Å². The molecular weight excluding hydrogens is 224 g/mol. The van der Waals surface area contributed by atoms with E-state index in [0.717, 1.165) is 31.1 Å². The first kappa shape index (κ1) is 12.5. The van der Waals surface area contributed by atoms with Gasteiger partial charge in [0.25, 0.3) is 0 Å². The summed E-state index contributed by atoms with van der Waals surface area (Å²) in [5, 5.41) is 3.34. The van der Waals surface area contributed by atoms with Crippen LogP contribution in [-0.4, -0.2) is 18.0 Å². The second kappa shape index (κ2) is 4.84. The van der Waals surface area contributed by atoms with Crippen molar-refractivity contribution in [2.24, 2.45) is 29.4 Å². The Hall–Kier alpha value is -0.570. The average molecular weight is 250 g/mol. The largest absolute Gasteiger partial charge is 0.353 e. The number of nitrogens with two attached hydrogens (primary N) is 1. The first-order valence-electron chi connectivity index (χ1n) is 7.69. The molecule has 102 valence electrons. The molecule has 0 aliphatic heterocycles. The number of hydrogen-bond acceptors (Lipinski definition) is 2. The number of nitrogens with one attached hydrogen (secondary N) is 1. The number of carbonyl (C=O) groups excluding carboxylic acids is 1. The van der Waals surface area contributed by atoms with Crippen LogP contribution < -0.4 is 11.1 Å². The molecule has 1 amide bonds. The molecule has 0 aromatic rings. The second-order valence-corrected chi connectivity index (χ2v) is 6.94. The van der Waals surface area contributed by atoms with Gasteiger partial charge in [0.15, 0.2) is 0 Å². The van der Waals surface area contributed by atoms with Gasteiger partial charge in [0, 0.05) is 18.0 Å². The quantitative estimate of drug-likeness (QED) is 0.788. The fourth-order valence-corrected chi connectivity index (χ4v) is 4.38. The van der Waals surface area contributed by atoms with E-state index in [9.17, 15) is 4.79 Å². The molecule has 3 nitrogen and oxygen atoms in total. The number of amides is 1. The van der Waals surface area contributed by atoms with Gasteiger partial charge in [-0.15, -0.1) is 0 Å². The van der Waals surface area contributed by atoms with E-state index >= 15 is 0 Å². The van der Waals surface area contributed by atoms with Crippen LogP contribution in [0.25, 0.3) is 0 Å². The third-order valence-electron chi connectivity index (χ3n) is 5.67. The van der Waals surface area contributed by atoms with E-state index in [1.807, 2.05) is 0 Å². The summed E-state index contributed by atoms with van der Waals surface area (Å²) >= 11 is 0. The van der Waals surface area contributed by atoms with Crippen LogP contribution in [0.1, 0.15) is 51.9 Å². The van der Waals surface area contributed by atoms with Crippen LogP contribution in [0.15, 0.2) is 0 Å². The van der Waals surface area contributed by atoms with Crippen molar-refractivity contribution in [2.45, 2.75) is 64.0 Å². The number of fused-ring (bicyclic) bond motifs is 2. The fraction of sp³-hybridized carbons (Fsp3) is 0.933. The Kier molecular flexibility index (Phi) is 3.35. The number of hydrogen-bond donors (Lipinski definition) is 2. The summed E-state index contributed by atoms with van der Waals surface area (Å²) in [7, 11) is 0. The van der Waals surface area contributed by atoms with Crippen LogP contribution in [0.3, 0.4) is 0 Å². The summed E-state index contributed by atoms with van der Waals surface area (Å²) < 4.78 is 0. The molecule has 3 saturated carbocycles.